The van der Waals surface area contributed by atoms with Crippen molar-refractivity contribution in [1.29, 1.82) is 0 Å². The van der Waals surface area contributed by atoms with Gasteiger partial charge in [0.05, 0.1) is 17.0 Å². The van der Waals surface area contributed by atoms with E-state index >= 15 is 0 Å². The highest BCUT2D eigenvalue weighted by molar-refractivity contribution is 7.98. The Kier molecular flexibility index (Phi) is 5.52. The smallest absolute Gasteiger partial charge is 0.387 e. The number of nitrogens with zero attached hydrogens (tertiary/aromatic N) is 7. The molecule has 2 heterocycles. The lowest BCUT2D eigenvalue weighted by Crippen LogP contribution is -2.05. The fourth-order valence-electron chi connectivity index (χ4n) is 3.26. The second-order valence-electron chi connectivity index (χ2n) is 7.06. The Bertz CT molecular complexity index is 1220. The molecule has 8 nitrogen and oxygen atoms in total. The summed E-state index contributed by atoms with van der Waals surface area (Å²) in [5, 5.41) is 20.9. The number of thioether (sulfide) groups is 1. The molecule has 0 radical (unpaired) electrons. The van der Waals surface area contributed by atoms with Gasteiger partial charge < -0.3 is 4.74 Å². The van der Waals surface area contributed by atoms with Crippen LogP contribution in [0.4, 0.5) is 13.2 Å². The topological polar surface area (TPSA) is 83.5 Å². The van der Waals surface area contributed by atoms with Crippen LogP contribution in [-0.4, -0.2) is 41.6 Å². The van der Waals surface area contributed by atoms with Crippen LogP contribution in [0.3, 0.4) is 0 Å². The van der Waals surface area contributed by atoms with Gasteiger partial charge in [0, 0.05) is 6.04 Å². The number of rotatable bonds is 8. The van der Waals surface area contributed by atoms with Gasteiger partial charge in [0.25, 0.3) is 0 Å². The monoisotopic (exact) mass is 459 g/mol. The molecular weight excluding hydrogens is 443 g/mol. The summed E-state index contributed by atoms with van der Waals surface area (Å²) < 4.78 is 46.9. The molecule has 4 aromatic rings. The summed E-state index contributed by atoms with van der Waals surface area (Å²) >= 11 is 1.39. The van der Waals surface area contributed by atoms with Crippen molar-refractivity contribution in [3.63, 3.8) is 0 Å². The summed E-state index contributed by atoms with van der Waals surface area (Å²) in [6, 6.07) is 12.8. The average Bonchev–Trinajstić information content (AvgIpc) is 3.36. The van der Waals surface area contributed by atoms with E-state index in [-0.39, 0.29) is 17.6 Å². The van der Waals surface area contributed by atoms with E-state index in [4.69, 9.17) is 0 Å². The van der Waals surface area contributed by atoms with Crippen molar-refractivity contribution < 1.29 is 17.9 Å². The highest BCUT2D eigenvalue weighted by atomic mass is 32.2. The molecule has 0 saturated heterocycles. The molecule has 1 aliphatic rings. The van der Waals surface area contributed by atoms with Gasteiger partial charge in [-0.15, -0.1) is 15.3 Å². The number of alkyl halides is 2. The summed E-state index contributed by atoms with van der Waals surface area (Å²) in [7, 11) is 0. The van der Waals surface area contributed by atoms with Gasteiger partial charge in [-0.3, -0.25) is 4.57 Å². The van der Waals surface area contributed by atoms with E-state index in [2.05, 4.69) is 30.5 Å². The number of ether oxygens (including phenoxy) is 1. The Labute approximate surface area is 184 Å². The van der Waals surface area contributed by atoms with Crippen LogP contribution in [0.1, 0.15) is 24.7 Å². The third-order valence-electron chi connectivity index (χ3n) is 4.86. The van der Waals surface area contributed by atoms with Crippen molar-refractivity contribution >= 4 is 11.8 Å². The zero-order valence-corrected chi connectivity index (χ0v) is 17.3. The molecule has 0 spiro atoms. The predicted octanol–water partition coefficient (Wildman–Crippen LogP) is 4.29. The zero-order chi connectivity index (χ0) is 22.1. The largest absolute Gasteiger partial charge is 0.435 e. The Morgan fingerprint density at radius 3 is 2.53 bits per heavy atom. The predicted molar refractivity (Wildman–Crippen MR) is 109 cm³/mol. The van der Waals surface area contributed by atoms with Gasteiger partial charge in [0.15, 0.2) is 16.8 Å². The van der Waals surface area contributed by atoms with Crippen LogP contribution in [0.2, 0.25) is 0 Å². The molecule has 1 fully saturated rings. The van der Waals surface area contributed by atoms with Crippen LogP contribution in [0.15, 0.2) is 53.7 Å². The van der Waals surface area contributed by atoms with Crippen LogP contribution in [0.25, 0.3) is 17.1 Å². The van der Waals surface area contributed by atoms with Gasteiger partial charge in [0.2, 0.25) is 0 Å². The van der Waals surface area contributed by atoms with Crippen molar-refractivity contribution in [3.8, 4) is 22.8 Å². The van der Waals surface area contributed by atoms with Crippen molar-refractivity contribution in [1.82, 2.24) is 35.0 Å². The Balaban J connectivity index is 1.37. The lowest BCUT2D eigenvalue weighted by atomic mass is 10.2. The van der Waals surface area contributed by atoms with Crippen molar-refractivity contribution in [2.75, 3.05) is 0 Å². The molecule has 0 amide bonds. The average molecular weight is 459 g/mol. The maximum Gasteiger partial charge on any atom is 0.387 e. The van der Waals surface area contributed by atoms with Gasteiger partial charge in [-0.1, -0.05) is 23.9 Å². The molecule has 0 N–H and O–H groups in total. The second kappa shape index (κ2) is 8.61. The molecule has 0 aliphatic heterocycles. The molecule has 0 bridgehead atoms. The van der Waals surface area contributed by atoms with Crippen LogP contribution < -0.4 is 4.74 Å². The first kappa shape index (κ1) is 20.5. The highest BCUT2D eigenvalue weighted by Gasteiger charge is 2.31. The first-order chi connectivity index (χ1) is 15.6. The number of tetrazole rings is 1. The maximum absolute atomic E-state index is 14.3. The van der Waals surface area contributed by atoms with E-state index in [1.54, 1.807) is 30.3 Å². The summed E-state index contributed by atoms with van der Waals surface area (Å²) in [6.45, 7) is -2.89. The molecular formula is C20H16F3N7OS. The summed E-state index contributed by atoms with van der Waals surface area (Å²) in [4.78, 5) is 0. The molecule has 2 aromatic heterocycles. The highest BCUT2D eigenvalue weighted by Crippen LogP contribution is 2.41. The summed E-state index contributed by atoms with van der Waals surface area (Å²) in [5.74, 6) is 1.12. The van der Waals surface area contributed by atoms with Crippen LogP contribution >= 0.6 is 11.8 Å². The van der Waals surface area contributed by atoms with Crippen LogP contribution in [0.5, 0.6) is 5.75 Å². The molecule has 1 aliphatic carbocycles. The fraction of sp³-hybridized carbons (Fsp3) is 0.250. The van der Waals surface area contributed by atoms with E-state index in [1.807, 2.05) is 4.57 Å². The Hall–Kier alpha value is -3.41. The molecule has 0 unspecified atom stereocenters. The van der Waals surface area contributed by atoms with Gasteiger partial charge >= 0.3 is 6.61 Å². The van der Waals surface area contributed by atoms with E-state index in [1.165, 1.54) is 34.6 Å². The third-order valence-corrected chi connectivity index (χ3v) is 5.80. The molecule has 1 saturated carbocycles. The Morgan fingerprint density at radius 1 is 1.03 bits per heavy atom. The number of halogens is 3. The first-order valence-electron chi connectivity index (χ1n) is 9.75. The summed E-state index contributed by atoms with van der Waals surface area (Å²) in [5.41, 5.74) is 1.01. The van der Waals surface area contributed by atoms with Crippen LogP contribution in [0, 0.1) is 5.82 Å². The molecule has 164 valence electrons. The molecule has 12 heteroatoms. The van der Waals surface area contributed by atoms with Crippen LogP contribution in [-0.2, 0) is 5.75 Å². The SMILES string of the molecule is Fc1ccccc1-c1nnc(SCc2nnnn2-c2ccc(OC(F)F)cc2)n1C1CC1. The summed E-state index contributed by atoms with van der Waals surface area (Å²) in [6.07, 6.45) is 1.97. The van der Waals surface area contributed by atoms with Crippen molar-refractivity contribution in [2.45, 2.75) is 36.4 Å². The normalized spacial score (nSPS) is 13.6. The number of aromatic nitrogens is 7. The minimum absolute atomic E-state index is 0.0472. The number of hydrogen-bond acceptors (Lipinski definition) is 7. The van der Waals surface area contributed by atoms with Crippen molar-refractivity contribution in [2.24, 2.45) is 0 Å². The quantitative estimate of drug-likeness (QED) is 0.364. The van der Waals surface area contributed by atoms with Crippen molar-refractivity contribution in [3.05, 3.63) is 60.2 Å². The molecule has 32 heavy (non-hydrogen) atoms. The molecule has 2 aromatic carbocycles. The lowest BCUT2D eigenvalue weighted by molar-refractivity contribution is -0.0498. The van der Waals surface area contributed by atoms with Gasteiger partial charge in [-0.25, -0.2) is 4.39 Å². The maximum atomic E-state index is 14.3. The second-order valence-corrected chi connectivity index (χ2v) is 8.00. The third kappa shape index (κ3) is 4.17. The molecule has 0 atom stereocenters. The molecule has 5 rings (SSSR count). The van der Waals surface area contributed by atoms with E-state index < -0.39 is 6.61 Å². The minimum Gasteiger partial charge on any atom is -0.435 e. The minimum atomic E-state index is -2.89. The number of benzene rings is 2. The van der Waals surface area contributed by atoms with E-state index in [0.29, 0.717) is 33.8 Å². The zero-order valence-electron chi connectivity index (χ0n) is 16.5. The van der Waals surface area contributed by atoms with Gasteiger partial charge in [-0.2, -0.15) is 13.5 Å². The van der Waals surface area contributed by atoms with E-state index in [0.717, 1.165) is 12.8 Å². The van der Waals surface area contributed by atoms with Gasteiger partial charge in [-0.05, 0) is 59.7 Å². The first-order valence-corrected chi connectivity index (χ1v) is 10.7. The number of hydrogen-bond donors (Lipinski definition) is 0. The fourth-order valence-corrected chi connectivity index (χ4v) is 4.17. The Morgan fingerprint density at radius 2 is 1.81 bits per heavy atom. The van der Waals surface area contributed by atoms with Gasteiger partial charge in [0.1, 0.15) is 11.6 Å². The van der Waals surface area contributed by atoms with E-state index in [9.17, 15) is 13.2 Å². The standard InChI is InChI=1S/C20H16F3N7OS/c21-16-4-2-1-3-15(16)18-25-26-20(29(18)12-5-6-12)32-11-17-24-27-28-30(17)13-7-9-14(10-8-13)31-19(22)23/h1-4,7-10,12,19H,5-6,11H2. The lowest BCUT2D eigenvalue weighted by Gasteiger charge is -2.09.